The molecule has 0 aromatic heterocycles. The van der Waals surface area contributed by atoms with Crippen molar-refractivity contribution in [2.24, 2.45) is 5.92 Å². The number of likely N-dealkylation sites (tertiary alicyclic amines) is 1. The first-order valence-corrected chi connectivity index (χ1v) is 5.21. The second-order valence-electron chi connectivity index (χ2n) is 4.39. The Balaban J connectivity index is 2.13. The number of nitrogens with zero attached hydrogens (tertiary/aromatic N) is 1. The smallest absolute Gasteiger partial charge is 0.407 e. The molecule has 0 aromatic rings. The van der Waals surface area contributed by atoms with Crippen LogP contribution in [0.3, 0.4) is 0 Å². The van der Waals surface area contributed by atoms with Gasteiger partial charge >= 0.3 is 6.09 Å². The van der Waals surface area contributed by atoms with Gasteiger partial charge in [0.1, 0.15) is 0 Å². The average molecular weight is 183 g/mol. The number of carbonyl (C=O) groups is 1. The summed E-state index contributed by atoms with van der Waals surface area (Å²) < 4.78 is 0. The van der Waals surface area contributed by atoms with E-state index in [4.69, 9.17) is 5.11 Å². The van der Waals surface area contributed by atoms with Crippen LogP contribution in [0.4, 0.5) is 4.79 Å². The Hall–Kier alpha value is -0.730. The van der Waals surface area contributed by atoms with E-state index in [0.717, 1.165) is 12.8 Å². The minimum atomic E-state index is -0.720. The lowest BCUT2D eigenvalue weighted by Crippen LogP contribution is -2.41. The summed E-state index contributed by atoms with van der Waals surface area (Å²) in [5, 5.41) is 9.05. The van der Waals surface area contributed by atoms with Gasteiger partial charge in [-0.1, -0.05) is 12.8 Å². The Bertz CT molecular complexity index is 217. The predicted molar refractivity (Wildman–Crippen MR) is 49.7 cm³/mol. The molecule has 0 spiro atoms. The van der Waals surface area contributed by atoms with E-state index in [-0.39, 0.29) is 6.04 Å². The molecule has 3 unspecified atom stereocenters. The summed E-state index contributed by atoms with van der Waals surface area (Å²) in [7, 11) is 0. The van der Waals surface area contributed by atoms with Crippen molar-refractivity contribution in [3.8, 4) is 0 Å². The van der Waals surface area contributed by atoms with Crippen LogP contribution in [0.15, 0.2) is 0 Å². The molecular formula is C10H17NO2. The minimum Gasteiger partial charge on any atom is -0.465 e. The number of hydrogen-bond acceptors (Lipinski definition) is 1. The predicted octanol–water partition coefficient (Wildman–Crippen LogP) is 2.32. The van der Waals surface area contributed by atoms with Gasteiger partial charge in [-0.05, 0) is 32.1 Å². The molecule has 2 rings (SSSR count). The average Bonchev–Trinajstić information content (AvgIpc) is 2.39. The van der Waals surface area contributed by atoms with E-state index in [0.29, 0.717) is 12.0 Å². The van der Waals surface area contributed by atoms with Crippen LogP contribution in [-0.2, 0) is 0 Å². The van der Waals surface area contributed by atoms with Crippen molar-refractivity contribution in [1.29, 1.82) is 0 Å². The second kappa shape index (κ2) is 3.20. The fourth-order valence-corrected chi connectivity index (χ4v) is 3.04. The number of amides is 1. The Morgan fingerprint density at radius 3 is 2.77 bits per heavy atom. The van der Waals surface area contributed by atoms with Crippen LogP contribution in [0.2, 0.25) is 0 Å². The van der Waals surface area contributed by atoms with E-state index in [1.54, 1.807) is 4.90 Å². The zero-order chi connectivity index (χ0) is 9.42. The van der Waals surface area contributed by atoms with Gasteiger partial charge in [0, 0.05) is 12.1 Å². The standard InChI is InChI=1S/C10H17NO2/c1-7-6-8-4-2-3-5-9(8)11(7)10(12)13/h7-9H,2-6H2,1H3,(H,12,13). The van der Waals surface area contributed by atoms with Crippen molar-refractivity contribution >= 4 is 6.09 Å². The molecule has 3 heteroatoms. The summed E-state index contributed by atoms with van der Waals surface area (Å²) in [6.45, 7) is 2.03. The summed E-state index contributed by atoms with van der Waals surface area (Å²) in [6.07, 6.45) is 5.18. The maximum atomic E-state index is 11.0. The van der Waals surface area contributed by atoms with Crippen molar-refractivity contribution in [3.63, 3.8) is 0 Å². The van der Waals surface area contributed by atoms with Crippen LogP contribution in [0.5, 0.6) is 0 Å². The molecule has 2 aliphatic rings. The number of fused-ring (bicyclic) bond motifs is 1. The van der Waals surface area contributed by atoms with Crippen LogP contribution < -0.4 is 0 Å². The third kappa shape index (κ3) is 1.40. The molecule has 3 nitrogen and oxygen atoms in total. The fourth-order valence-electron chi connectivity index (χ4n) is 3.04. The van der Waals surface area contributed by atoms with Gasteiger partial charge in [-0.15, -0.1) is 0 Å². The maximum Gasteiger partial charge on any atom is 0.407 e. The molecule has 1 saturated carbocycles. The zero-order valence-corrected chi connectivity index (χ0v) is 8.07. The lowest BCUT2D eigenvalue weighted by atomic mass is 9.85. The third-order valence-electron chi connectivity index (χ3n) is 3.57. The lowest BCUT2D eigenvalue weighted by Gasteiger charge is -2.30. The molecule has 0 aromatic carbocycles. The Kier molecular flexibility index (Phi) is 2.18. The molecule has 1 aliphatic heterocycles. The minimum absolute atomic E-state index is 0.241. The van der Waals surface area contributed by atoms with E-state index in [1.807, 2.05) is 6.92 Å². The molecule has 1 N–H and O–H groups in total. The lowest BCUT2D eigenvalue weighted by molar-refractivity contribution is 0.111. The van der Waals surface area contributed by atoms with Gasteiger partial charge in [-0.3, -0.25) is 0 Å². The number of hydrogen-bond donors (Lipinski definition) is 1. The fraction of sp³-hybridized carbons (Fsp3) is 0.900. The van der Waals surface area contributed by atoms with Crippen molar-refractivity contribution in [2.45, 2.75) is 51.1 Å². The van der Waals surface area contributed by atoms with Gasteiger partial charge in [0.15, 0.2) is 0 Å². The molecule has 0 radical (unpaired) electrons. The molecule has 0 bridgehead atoms. The Morgan fingerprint density at radius 2 is 2.08 bits per heavy atom. The Labute approximate surface area is 78.7 Å². The normalized spacial score (nSPS) is 38.8. The highest BCUT2D eigenvalue weighted by molar-refractivity contribution is 5.66. The third-order valence-corrected chi connectivity index (χ3v) is 3.57. The number of rotatable bonds is 0. The highest BCUT2D eigenvalue weighted by Gasteiger charge is 2.42. The van der Waals surface area contributed by atoms with Crippen LogP contribution in [0, 0.1) is 5.92 Å². The monoisotopic (exact) mass is 183 g/mol. The van der Waals surface area contributed by atoms with Crippen molar-refractivity contribution in [3.05, 3.63) is 0 Å². The summed E-state index contributed by atoms with van der Waals surface area (Å²) in [5.74, 6) is 0.653. The van der Waals surface area contributed by atoms with E-state index >= 15 is 0 Å². The van der Waals surface area contributed by atoms with Gasteiger partial charge in [-0.25, -0.2) is 4.79 Å². The van der Waals surface area contributed by atoms with E-state index < -0.39 is 6.09 Å². The van der Waals surface area contributed by atoms with Crippen LogP contribution >= 0.6 is 0 Å². The SMILES string of the molecule is CC1CC2CCCCC2N1C(=O)O. The summed E-state index contributed by atoms with van der Waals surface area (Å²) >= 11 is 0. The van der Waals surface area contributed by atoms with Gasteiger partial charge in [0.25, 0.3) is 0 Å². The molecule has 1 aliphatic carbocycles. The van der Waals surface area contributed by atoms with Crippen LogP contribution in [0.25, 0.3) is 0 Å². The quantitative estimate of drug-likeness (QED) is 0.626. The molecule has 1 amide bonds. The molecule has 74 valence electrons. The first-order chi connectivity index (χ1) is 6.20. The van der Waals surface area contributed by atoms with Crippen molar-refractivity contribution in [1.82, 2.24) is 4.90 Å². The highest BCUT2D eigenvalue weighted by Crippen LogP contribution is 2.39. The molecule has 2 fully saturated rings. The summed E-state index contributed by atoms with van der Waals surface area (Å²) in [6, 6.07) is 0.576. The van der Waals surface area contributed by atoms with Crippen LogP contribution in [-0.4, -0.2) is 28.2 Å². The number of carboxylic acid groups (broad SMARTS) is 1. The summed E-state index contributed by atoms with van der Waals surface area (Å²) in [5.41, 5.74) is 0. The first-order valence-electron chi connectivity index (χ1n) is 5.21. The largest absolute Gasteiger partial charge is 0.465 e. The van der Waals surface area contributed by atoms with E-state index in [1.165, 1.54) is 19.3 Å². The molecule has 13 heavy (non-hydrogen) atoms. The first kappa shape index (κ1) is 8.85. The maximum absolute atomic E-state index is 11.0. The Morgan fingerprint density at radius 1 is 1.38 bits per heavy atom. The van der Waals surface area contributed by atoms with Gasteiger partial charge < -0.3 is 10.0 Å². The molecular weight excluding hydrogens is 166 g/mol. The zero-order valence-electron chi connectivity index (χ0n) is 8.07. The van der Waals surface area contributed by atoms with Crippen molar-refractivity contribution in [2.75, 3.05) is 0 Å². The molecule has 3 atom stereocenters. The molecule has 1 saturated heterocycles. The van der Waals surface area contributed by atoms with Crippen molar-refractivity contribution < 1.29 is 9.90 Å². The van der Waals surface area contributed by atoms with E-state index in [2.05, 4.69) is 0 Å². The second-order valence-corrected chi connectivity index (χ2v) is 4.39. The van der Waals surface area contributed by atoms with Gasteiger partial charge in [0.05, 0.1) is 0 Å². The van der Waals surface area contributed by atoms with Gasteiger partial charge in [0.2, 0.25) is 0 Å². The van der Waals surface area contributed by atoms with E-state index in [9.17, 15) is 4.79 Å². The highest BCUT2D eigenvalue weighted by atomic mass is 16.4. The van der Waals surface area contributed by atoms with Gasteiger partial charge in [-0.2, -0.15) is 0 Å². The summed E-state index contributed by atoms with van der Waals surface area (Å²) in [4.78, 5) is 12.7. The topological polar surface area (TPSA) is 40.5 Å². The molecule has 1 heterocycles. The van der Waals surface area contributed by atoms with Crippen LogP contribution in [0.1, 0.15) is 39.0 Å².